The van der Waals surface area contributed by atoms with E-state index in [0.29, 0.717) is 0 Å². The summed E-state index contributed by atoms with van der Waals surface area (Å²) in [5.41, 5.74) is 0. The molecule has 0 amide bonds. The SMILES string of the molecule is N.N.N.N.N.N#C[S][Cr]. The molecule has 0 saturated heterocycles. The fourth-order valence-corrected chi connectivity index (χ4v) is 0. The molecule has 0 saturated carbocycles. The van der Waals surface area contributed by atoms with Gasteiger partial charge in [0.05, 0.1) is 0 Å². The Labute approximate surface area is 67.1 Å². The first-order chi connectivity index (χ1) is 1.91. The zero-order valence-electron chi connectivity index (χ0n) is 5.30. The van der Waals surface area contributed by atoms with E-state index in [9.17, 15) is 0 Å². The van der Waals surface area contributed by atoms with E-state index in [-0.39, 0.29) is 30.8 Å². The third-order valence-electron chi connectivity index (χ3n) is 0.0373. The normalized spacial score (nSPS) is 2.11. The summed E-state index contributed by atoms with van der Waals surface area (Å²) in [6.07, 6.45) is 0. The van der Waals surface area contributed by atoms with Crippen LogP contribution in [0.2, 0.25) is 0 Å². The Morgan fingerprint density at radius 1 is 1.00 bits per heavy atom. The Hall–Kier alpha value is 0.172. The summed E-state index contributed by atoms with van der Waals surface area (Å²) >= 11 is 2.45. The molecular formula is CH15CrN6S. The van der Waals surface area contributed by atoms with Crippen molar-refractivity contribution < 1.29 is 15.2 Å². The standard InChI is InChI=1S/CHNS.Cr.5H3N/c2-1-3;;;;;;/h3H;;5*1H3/q;+1;;;;;/p-1. The fraction of sp³-hybridized carbons (Fsp3) is 0. The molecule has 0 aromatic carbocycles. The summed E-state index contributed by atoms with van der Waals surface area (Å²) in [4.78, 5) is 0. The number of nitrogens with zero attached hydrogens (tertiary/aromatic N) is 1. The minimum atomic E-state index is 0. The van der Waals surface area contributed by atoms with Gasteiger partial charge in [-0.25, -0.2) is 0 Å². The topological polar surface area (TPSA) is 199 Å². The molecule has 6 nitrogen and oxygen atoms in total. The third-order valence-corrected chi connectivity index (χ3v) is 0.461. The van der Waals surface area contributed by atoms with E-state index < -0.39 is 0 Å². The van der Waals surface area contributed by atoms with Crippen molar-refractivity contribution in [2.45, 2.75) is 0 Å². The quantitative estimate of drug-likeness (QED) is 0.360. The van der Waals surface area contributed by atoms with E-state index in [4.69, 9.17) is 5.26 Å². The van der Waals surface area contributed by atoms with Crippen molar-refractivity contribution in [1.29, 1.82) is 5.26 Å². The molecule has 0 atom stereocenters. The monoisotopic (exact) mass is 195 g/mol. The second-order valence-electron chi connectivity index (χ2n) is 0.175. The second-order valence-corrected chi connectivity index (χ2v) is 1.30. The van der Waals surface area contributed by atoms with Gasteiger partial charge < -0.3 is 30.8 Å². The van der Waals surface area contributed by atoms with Gasteiger partial charge in [0.1, 0.15) is 0 Å². The number of hydrogen-bond donors (Lipinski definition) is 5. The van der Waals surface area contributed by atoms with Gasteiger partial charge in [-0.3, -0.25) is 0 Å². The molecule has 0 aliphatic heterocycles. The summed E-state index contributed by atoms with van der Waals surface area (Å²) in [7, 11) is 1.04. The van der Waals surface area contributed by atoms with Crippen molar-refractivity contribution in [2.24, 2.45) is 0 Å². The molecule has 0 bridgehead atoms. The van der Waals surface area contributed by atoms with Gasteiger partial charge in [0.25, 0.3) is 0 Å². The van der Waals surface area contributed by atoms with Crippen LogP contribution in [0.4, 0.5) is 0 Å². The third kappa shape index (κ3) is 227. The van der Waals surface area contributed by atoms with Gasteiger partial charge in [-0.2, -0.15) is 0 Å². The second kappa shape index (κ2) is 89.1. The first kappa shape index (κ1) is 60.9. The summed E-state index contributed by atoms with van der Waals surface area (Å²) in [5, 5.41) is 9.35. The molecule has 9 heavy (non-hydrogen) atoms. The Morgan fingerprint density at radius 2 is 1.11 bits per heavy atom. The maximum atomic E-state index is 7.56. The summed E-state index contributed by atoms with van der Waals surface area (Å²) in [6.45, 7) is 0. The van der Waals surface area contributed by atoms with Gasteiger partial charge >= 0.3 is 35.9 Å². The minimum absolute atomic E-state index is 0. The van der Waals surface area contributed by atoms with Crippen molar-refractivity contribution in [2.75, 3.05) is 0 Å². The molecule has 15 N–H and O–H groups in total. The van der Waals surface area contributed by atoms with Gasteiger partial charge in [-0.1, -0.05) is 0 Å². The summed E-state index contributed by atoms with van der Waals surface area (Å²) in [5.74, 6) is 0. The van der Waals surface area contributed by atoms with Gasteiger partial charge in [0.2, 0.25) is 0 Å². The first-order valence-electron chi connectivity index (χ1n) is 0.594. The van der Waals surface area contributed by atoms with Crippen molar-refractivity contribution in [3.8, 4) is 5.40 Å². The van der Waals surface area contributed by atoms with E-state index >= 15 is 0 Å². The average Bonchev–Trinajstić information content (AvgIpc) is 1.37. The van der Waals surface area contributed by atoms with Crippen molar-refractivity contribution in [3.63, 3.8) is 0 Å². The molecule has 0 aromatic rings. The van der Waals surface area contributed by atoms with Crippen molar-refractivity contribution in [3.05, 3.63) is 0 Å². The van der Waals surface area contributed by atoms with Crippen molar-refractivity contribution in [1.82, 2.24) is 30.8 Å². The van der Waals surface area contributed by atoms with Crippen LogP contribution in [0.3, 0.4) is 0 Å². The zero-order valence-corrected chi connectivity index (χ0v) is 7.39. The molecule has 0 aromatic heterocycles. The van der Waals surface area contributed by atoms with E-state index in [1.54, 1.807) is 5.40 Å². The molecule has 0 unspecified atom stereocenters. The molecule has 0 spiro atoms. The Morgan fingerprint density at radius 3 is 1.11 bits per heavy atom. The van der Waals surface area contributed by atoms with E-state index in [2.05, 4.69) is 15.2 Å². The molecule has 8 heteroatoms. The molecule has 0 radical (unpaired) electrons. The number of rotatable bonds is 0. The molecule has 0 heterocycles. The van der Waals surface area contributed by atoms with E-state index in [1.165, 1.54) is 0 Å². The van der Waals surface area contributed by atoms with Gasteiger partial charge in [-0.05, 0) is 0 Å². The van der Waals surface area contributed by atoms with Crippen LogP contribution in [0, 0.1) is 10.7 Å². The van der Waals surface area contributed by atoms with Gasteiger partial charge in [0, 0.05) is 0 Å². The predicted molar refractivity (Wildman–Crippen MR) is 38.3 cm³/mol. The molecule has 0 rings (SSSR count). The number of thiocyanates is 1. The van der Waals surface area contributed by atoms with Gasteiger partial charge in [0.15, 0.2) is 0 Å². The van der Waals surface area contributed by atoms with Crippen LogP contribution in [-0.2, 0) is 15.2 Å². The molecular weight excluding hydrogens is 180 g/mol. The van der Waals surface area contributed by atoms with Crippen LogP contribution >= 0.6 is 10.1 Å². The Balaban J connectivity index is -0.00000000450. The maximum absolute atomic E-state index is 7.56. The van der Waals surface area contributed by atoms with Crippen LogP contribution in [0.1, 0.15) is 0 Å². The summed E-state index contributed by atoms with van der Waals surface area (Å²) in [6, 6.07) is 0. The molecule has 0 fully saturated rings. The fourth-order valence-electron chi connectivity index (χ4n) is 0. The zero-order chi connectivity index (χ0) is 3.41. The van der Waals surface area contributed by atoms with Crippen molar-refractivity contribution >= 4 is 10.1 Å². The van der Waals surface area contributed by atoms with Gasteiger partial charge in [-0.15, -0.1) is 0 Å². The van der Waals surface area contributed by atoms with Crippen LogP contribution in [0.15, 0.2) is 0 Å². The first-order valence-corrected chi connectivity index (χ1v) is 2.90. The van der Waals surface area contributed by atoms with E-state index in [1.807, 2.05) is 0 Å². The van der Waals surface area contributed by atoms with Crippen LogP contribution in [-0.4, -0.2) is 0 Å². The molecule has 61 valence electrons. The average molecular weight is 195 g/mol. The van der Waals surface area contributed by atoms with E-state index in [0.717, 1.165) is 10.1 Å². The van der Waals surface area contributed by atoms with Crippen LogP contribution in [0.5, 0.6) is 0 Å². The number of hydrogen-bond acceptors (Lipinski definition) is 7. The Bertz CT molecular complexity index is 42.8. The molecule has 0 aliphatic carbocycles. The number of nitriles is 1. The van der Waals surface area contributed by atoms with Crippen LogP contribution < -0.4 is 30.8 Å². The van der Waals surface area contributed by atoms with Crippen LogP contribution in [0.25, 0.3) is 0 Å². The predicted octanol–water partition coefficient (Wildman–Crippen LogP) is 1.47. The molecule has 0 aliphatic rings. The summed E-state index contributed by atoms with van der Waals surface area (Å²) < 4.78 is 0. The Kier molecular flexibility index (Phi) is 602.